The average molecular weight is 1820 g/mol. The number of hydrogen-bond acceptors (Lipinski definition) is 2. The van der Waals surface area contributed by atoms with Crippen LogP contribution in [0.5, 0.6) is 0 Å². The molecule has 143 heavy (non-hydrogen) atoms. The van der Waals surface area contributed by atoms with Crippen molar-refractivity contribution in [2.75, 3.05) is 9.80 Å². The van der Waals surface area contributed by atoms with Gasteiger partial charge in [0.2, 0.25) is 0 Å². The number of fused-ring (bicyclic) bond motifs is 24. The molecule has 0 radical (unpaired) electrons. The van der Waals surface area contributed by atoms with Crippen LogP contribution in [0.15, 0.2) is 497 Å². The summed E-state index contributed by atoms with van der Waals surface area (Å²) in [4.78, 5) is 5.55. The van der Waals surface area contributed by atoms with Crippen molar-refractivity contribution >= 4 is 187 Å². The molecule has 0 spiro atoms. The Kier molecular flexibility index (Phi) is 18.5. The molecule has 0 saturated carbocycles. The molecule has 2 aliphatic rings. The SMILES string of the molecule is CC(C)(C)c1cc2c3c(c1)N(c1c(-c4ccccc4)cc(-c4ccc5ccccc5c4)cc1-c1ccccc1)c1cc(-n4c5ccc(-c6cccc7ccccc67)cc5c5c6ccccc6c6ccccc6c54)ccc1B3c1ccc(-n3c4ccc(-c5cccc6ccccc56)cc4c4c5ccccc5c5ccccc5c43)cc1N2c1c(-c2ccccc2)cc(-c2ccc3ccccc3c2)cc1-c1ccccc1. The summed E-state index contributed by atoms with van der Waals surface area (Å²) in [6.07, 6.45) is 0. The minimum absolute atomic E-state index is 0.388. The highest BCUT2D eigenvalue weighted by Crippen LogP contribution is 2.58. The Morgan fingerprint density at radius 2 is 0.503 bits per heavy atom. The summed E-state index contributed by atoms with van der Waals surface area (Å²) >= 11 is 0. The number of aromatic nitrogens is 2. The summed E-state index contributed by atoms with van der Waals surface area (Å²) in [5.74, 6) is 0. The lowest BCUT2D eigenvalue weighted by Gasteiger charge is -2.46. The molecule has 0 amide bonds. The molecule has 2 aromatic heterocycles. The Labute approximate surface area is 829 Å². The van der Waals surface area contributed by atoms with E-state index >= 15 is 0 Å². The lowest BCUT2D eigenvalue weighted by atomic mass is 9.33. The van der Waals surface area contributed by atoms with Gasteiger partial charge in [0.05, 0.1) is 33.4 Å². The van der Waals surface area contributed by atoms with Gasteiger partial charge in [-0.1, -0.05) is 421 Å². The molecule has 0 fully saturated rings. The minimum Gasteiger partial charge on any atom is -0.310 e. The topological polar surface area (TPSA) is 16.3 Å². The first kappa shape index (κ1) is 82.0. The van der Waals surface area contributed by atoms with Crippen LogP contribution in [0.4, 0.5) is 34.1 Å². The number of hydrogen-bond donors (Lipinski definition) is 0. The fourth-order valence-corrected chi connectivity index (χ4v) is 24.5. The number of benzene rings is 25. The Balaban J connectivity index is 0.783. The van der Waals surface area contributed by atoms with Gasteiger partial charge in [-0.15, -0.1) is 0 Å². The maximum absolute atomic E-state index is 2.77. The molecule has 0 N–H and O–H groups in total. The van der Waals surface area contributed by atoms with Crippen LogP contribution in [-0.2, 0) is 5.41 Å². The number of anilines is 6. The van der Waals surface area contributed by atoms with Crippen LogP contribution in [0.1, 0.15) is 26.3 Å². The van der Waals surface area contributed by atoms with Gasteiger partial charge >= 0.3 is 0 Å². The zero-order chi connectivity index (χ0) is 94.4. The van der Waals surface area contributed by atoms with E-state index in [1.807, 2.05) is 0 Å². The predicted octanol–water partition coefficient (Wildman–Crippen LogP) is 35.8. The van der Waals surface area contributed by atoms with E-state index in [1.165, 1.54) is 152 Å². The van der Waals surface area contributed by atoms with Crippen molar-refractivity contribution in [3.8, 4) is 100 Å². The van der Waals surface area contributed by atoms with Crippen LogP contribution < -0.4 is 26.2 Å². The quantitative estimate of drug-likeness (QED) is 0.0895. The molecule has 0 saturated heterocycles. The molecule has 0 aliphatic carbocycles. The molecule has 29 rings (SSSR count). The molecule has 27 aromatic rings. The van der Waals surface area contributed by atoms with Gasteiger partial charge in [0, 0.05) is 88.7 Å². The summed E-state index contributed by atoms with van der Waals surface area (Å²) in [5, 5.41) is 24.2. The molecule has 0 unspecified atom stereocenters. The third-order valence-electron chi connectivity index (χ3n) is 31.1. The van der Waals surface area contributed by atoms with Crippen LogP contribution in [0, 0.1) is 0 Å². The maximum atomic E-state index is 2.77. The zero-order valence-electron chi connectivity index (χ0n) is 79.2. The molecule has 666 valence electrons. The zero-order valence-corrected chi connectivity index (χ0v) is 79.2. The second kappa shape index (κ2) is 32.2. The summed E-state index contributed by atoms with van der Waals surface area (Å²) in [5.41, 5.74) is 35.6. The molecule has 0 atom stereocenters. The smallest absolute Gasteiger partial charge is 0.252 e. The normalized spacial score (nSPS) is 12.5. The van der Waals surface area contributed by atoms with Gasteiger partial charge in [0.15, 0.2) is 0 Å². The van der Waals surface area contributed by atoms with Crippen molar-refractivity contribution < 1.29 is 0 Å². The van der Waals surface area contributed by atoms with Gasteiger partial charge < -0.3 is 18.9 Å². The third kappa shape index (κ3) is 12.9. The van der Waals surface area contributed by atoms with Crippen LogP contribution in [0.25, 0.3) is 230 Å². The highest BCUT2D eigenvalue weighted by Gasteiger charge is 2.47. The molecule has 5 heteroatoms. The van der Waals surface area contributed by atoms with E-state index in [2.05, 4.69) is 537 Å². The van der Waals surface area contributed by atoms with Gasteiger partial charge in [-0.3, -0.25) is 0 Å². The van der Waals surface area contributed by atoms with Crippen LogP contribution in [0.3, 0.4) is 0 Å². The summed E-state index contributed by atoms with van der Waals surface area (Å²) < 4.78 is 5.28. The molecular weight excluding hydrogens is 1720 g/mol. The fourth-order valence-electron chi connectivity index (χ4n) is 24.5. The number of nitrogens with zero attached hydrogens (tertiary/aromatic N) is 4. The van der Waals surface area contributed by atoms with E-state index < -0.39 is 5.41 Å². The highest BCUT2D eigenvalue weighted by atomic mass is 15.2. The predicted molar refractivity (Wildman–Crippen MR) is 611 cm³/mol. The first-order chi connectivity index (χ1) is 70.6. The average Bonchev–Trinajstić information content (AvgIpc) is 1.60. The second-order valence-corrected chi connectivity index (χ2v) is 40.0. The van der Waals surface area contributed by atoms with E-state index in [4.69, 9.17) is 0 Å². The van der Waals surface area contributed by atoms with Gasteiger partial charge in [0.1, 0.15) is 0 Å². The monoisotopic (exact) mass is 1810 g/mol. The van der Waals surface area contributed by atoms with Crippen molar-refractivity contribution in [2.24, 2.45) is 0 Å². The molecular formula is C138H91BN4. The van der Waals surface area contributed by atoms with Gasteiger partial charge in [-0.05, 0) is 267 Å². The highest BCUT2D eigenvalue weighted by molar-refractivity contribution is 7.00. The fraction of sp³-hybridized carbons (Fsp3) is 0.0290. The Morgan fingerprint density at radius 1 is 0.189 bits per heavy atom. The van der Waals surface area contributed by atoms with Gasteiger partial charge in [-0.2, -0.15) is 0 Å². The van der Waals surface area contributed by atoms with Crippen molar-refractivity contribution in [2.45, 2.75) is 26.2 Å². The van der Waals surface area contributed by atoms with E-state index in [0.717, 1.165) is 134 Å². The molecule has 2 aliphatic heterocycles. The van der Waals surface area contributed by atoms with E-state index in [9.17, 15) is 0 Å². The minimum atomic E-state index is -0.451. The Bertz CT molecular complexity index is 9350. The molecule has 0 bridgehead atoms. The first-order valence-electron chi connectivity index (χ1n) is 49.9. The molecule has 25 aromatic carbocycles. The Hall–Kier alpha value is -18.2. The van der Waals surface area contributed by atoms with Gasteiger partial charge in [0.25, 0.3) is 6.71 Å². The standard InChI is InChI=1S/C138H91BN4/c1-138(2,3)102-82-129-133-130(83-102)143(135-119(92-40-12-6-13-41-92)80-101(81-120(135)93-42-14-7-15-43-93)97-65-63-87-35-17-19-47-95(87)75-97)128-85-104(141-126-73-67-99(108-61-33-49-89-45-21-23-51-106(89)108)77-122(126)132-114-57-29-25-53-110(114)112-55-27-31-59-116(112)137(132)141)69-71-124(128)139(133)123-70-68-103(84-127(123)142(129)134-117(90-36-8-4-9-37-90)78-100(79-118(134)91-38-10-5-11-39-91)96-64-62-86-34-16-18-46-94(86)74-96)140-125-72-66-98(107-60-32-48-88-44-20-22-50-105(88)107)76-121(125)131-113-56-28-24-52-109(113)111-54-26-30-58-115(111)136(131)140/h4-85H,1-3H3. The van der Waals surface area contributed by atoms with Crippen LogP contribution in [-0.4, -0.2) is 15.8 Å². The molecule has 4 nitrogen and oxygen atoms in total. The van der Waals surface area contributed by atoms with E-state index in [-0.39, 0.29) is 6.71 Å². The van der Waals surface area contributed by atoms with Gasteiger partial charge in [-0.25, -0.2) is 0 Å². The van der Waals surface area contributed by atoms with Crippen molar-refractivity contribution in [3.05, 3.63) is 503 Å². The largest absolute Gasteiger partial charge is 0.310 e. The van der Waals surface area contributed by atoms with Crippen molar-refractivity contribution in [1.82, 2.24) is 9.13 Å². The van der Waals surface area contributed by atoms with Crippen LogP contribution >= 0.6 is 0 Å². The summed E-state index contributed by atoms with van der Waals surface area (Å²) in [7, 11) is 0. The number of rotatable bonds is 12. The lowest BCUT2D eigenvalue weighted by molar-refractivity contribution is 0.590. The van der Waals surface area contributed by atoms with E-state index in [0.29, 0.717) is 0 Å². The lowest BCUT2D eigenvalue weighted by Crippen LogP contribution is -2.61. The van der Waals surface area contributed by atoms with Crippen LogP contribution in [0.2, 0.25) is 0 Å². The first-order valence-corrected chi connectivity index (χ1v) is 49.9. The van der Waals surface area contributed by atoms with Crippen molar-refractivity contribution in [1.29, 1.82) is 0 Å². The molecule has 4 heterocycles. The summed E-state index contributed by atoms with van der Waals surface area (Å²) in [6, 6.07) is 190. The van der Waals surface area contributed by atoms with Crippen molar-refractivity contribution in [3.63, 3.8) is 0 Å². The summed E-state index contributed by atoms with van der Waals surface area (Å²) in [6.45, 7) is 6.89. The second-order valence-electron chi connectivity index (χ2n) is 40.0. The maximum Gasteiger partial charge on any atom is 0.252 e. The third-order valence-corrected chi connectivity index (χ3v) is 31.1. The van der Waals surface area contributed by atoms with E-state index in [1.54, 1.807) is 0 Å². The Morgan fingerprint density at radius 3 is 0.881 bits per heavy atom.